The van der Waals surface area contributed by atoms with E-state index in [9.17, 15) is 0 Å². The van der Waals surface area contributed by atoms with Crippen LogP contribution in [0.25, 0.3) is 43.6 Å². The summed E-state index contributed by atoms with van der Waals surface area (Å²) in [4.78, 5) is 0. The second-order valence-corrected chi connectivity index (χ2v) is 16.5. The first-order chi connectivity index (χ1) is 31.8. The van der Waals surface area contributed by atoms with Crippen LogP contribution in [0, 0.1) is 0 Å². The summed E-state index contributed by atoms with van der Waals surface area (Å²) < 4.78 is 5.04. The number of unbranched alkanes of at least 4 members (excludes halogenated alkanes) is 5. The molecule has 10 aromatic rings. The molecule has 8 aromatic carbocycles. The highest BCUT2D eigenvalue weighted by molar-refractivity contribution is 6.10. The number of hydrogen-bond donors (Lipinski definition) is 0. The standard InChI is InChI=1S/C58H52N6/c1(3-21-39-61-55-33-19-17-31-51(55)53-41-45(35-37-57(53)61)43-59-63(47-23-9-5-10-24-47)48-25-11-6-12-26-48)2-4-22-40-62-56-34-20-18-32-52(56)54-42-46(36-38-58(54)62)44-60-64(49-27-13-7-14-28-49)50-29-15-8-16-30-50/h5-20,23-38,41-44H,1-4,21-22,39-40H2. The van der Waals surface area contributed by atoms with E-state index in [0.29, 0.717) is 0 Å². The number of hydrogen-bond acceptors (Lipinski definition) is 4. The van der Waals surface area contributed by atoms with Gasteiger partial charge in [0.1, 0.15) is 0 Å². The summed E-state index contributed by atoms with van der Waals surface area (Å²) in [6.07, 6.45) is 11.2. The zero-order valence-corrected chi connectivity index (χ0v) is 36.1. The fourth-order valence-electron chi connectivity index (χ4n) is 9.12. The summed E-state index contributed by atoms with van der Waals surface area (Å²) in [5, 5.41) is 19.1. The van der Waals surface area contributed by atoms with Crippen molar-refractivity contribution in [2.45, 2.75) is 51.6 Å². The van der Waals surface area contributed by atoms with Gasteiger partial charge >= 0.3 is 0 Å². The minimum Gasteiger partial charge on any atom is -0.340 e. The molecule has 64 heavy (non-hydrogen) atoms. The predicted molar refractivity (Wildman–Crippen MR) is 272 cm³/mol. The molecule has 6 nitrogen and oxygen atoms in total. The molecule has 0 aliphatic heterocycles. The van der Waals surface area contributed by atoms with Crippen LogP contribution >= 0.6 is 0 Å². The second-order valence-electron chi connectivity index (χ2n) is 16.5. The molecule has 0 unspecified atom stereocenters. The van der Waals surface area contributed by atoms with Gasteiger partial charge in [0.15, 0.2) is 0 Å². The molecule has 314 valence electrons. The monoisotopic (exact) mass is 832 g/mol. The minimum absolute atomic E-state index is 1.01. The predicted octanol–water partition coefficient (Wildman–Crippen LogP) is 15.3. The van der Waals surface area contributed by atoms with Crippen molar-refractivity contribution in [1.82, 2.24) is 9.13 Å². The topological polar surface area (TPSA) is 41.1 Å². The first-order valence-corrected chi connectivity index (χ1v) is 22.7. The lowest BCUT2D eigenvalue weighted by atomic mass is 10.1. The number of hydrazone groups is 2. The number of aryl methyl sites for hydroxylation is 2. The molecule has 0 aliphatic rings. The van der Waals surface area contributed by atoms with Crippen LogP contribution in [0.4, 0.5) is 22.7 Å². The van der Waals surface area contributed by atoms with Crippen LogP contribution in [0.1, 0.15) is 49.7 Å². The first-order valence-electron chi connectivity index (χ1n) is 22.7. The van der Waals surface area contributed by atoms with Crippen molar-refractivity contribution in [2.75, 3.05) is 10.0 Å². The van der Waals surface area contributed by atoms with Crippen molar-refractivity contribution in [3.63, 3.8) is 0 Å². The molecule has 0 spiro atoms. The summed E-state index contributed by atoms with van der Waals surface area (Å²) in [5.74, 6) is 0. The maximum Gasteiger partial charge on any atom is 0.0652 e. The second kappa shape index (κ2) is 19.1. The van der Waals surface area contributed by atoms with Crippen LogP contribution in [-0.4, -0.2) is 21.6 Å². The molecule has 2 aromatic heterocycles. The smallest absolute Gasteiger partial charge is 0.0652 e. The summed E-state index contributed by atoms with van der Waals surface area (Å²) >= 11 is 0. The van der Waals surface area contributed by atoms with Crippen LogP contribution < -0.4 is 10.0 Å². The number of para-hydroxylation sites is 6. The van der Waals surface area contributed by atoms with E-state index in [1.54, 1.807) is 0 Å². The molecule has 6 heteroatoms. The van der Waals surface area contributed by atoms with Gasteiger partial charge in [-0.3, -0.25) is 0 Å². The van der Waals surface area contributed by atoms with E-state index < -0.39 is 0 Å². The molecule has 10 rings (SSSR count). The average Bonchev–Trinajstić information content (AvgIpc) is 3.85. The Labute approximate surface area is 375 Å². The van der Waals surface area contributed by atoms with Gasteiger partial charge in [0.05, 0.1) is 35.2 Å². The van der Waals surface area contributed by atoms with Gasteiger partial charge < -0.3 is 9.13 Å². The zero-order chi connectivity index (χ0) is 42.9. The van der Waals surface area contributed by atoms with Crippen LogP contribution in [-0.2, 0) is 13.1 Å². The average molecular weight is 833 g/mol. The molecule has 0 atom stereocenters. The van der Waals surface area contributed by atoms with E-state index in [4.69, 9.17) is 10.2 Å². The Morgan fingerprint density at radius 2 is 0.625 bits per heavy atom. The van der Waals surface area contributed by atoms with E-state index >= 15 is 0 Å². The van der Waals surface area contributed by atoms with Crippen LogP contribution in [0.5, 0.6) is 0 Å². The zero-order valence-electron chi connectivity index (χ0n) is 36.1. The first kappa shape index (κ1) is 40.4. The molecular formula is C58H52N6. The molecule has 0 aliphatic carbocycles. The van der Waals surface area contributed by atoms with Gasteiger partial charge in [-0.25, -0.2) is 10.0 Å². The van der Waals surface area contributed by atoms with Gasteiger partial charge in [0.25, 0.3) is 0 Å². The number of nitrogens with zero attached hydrogens (tertiary/aromatic N) is 6. The Hall–Kier alpha value is -7.70. The SMILES string of the molecule is C(=NN(c1ccccc1)c1ccccc1)c1ccc2c(c1)c1ccccc1n2CCCCCCCCn1c2ccccc2c2cc(C=NN(c3ccccc3)c3ccccc3)ccc21. The van der Waals surface area contributed by atoms with Crippen molar-refractivity contribution >= 4 is 78.8 Å². The van der Waals surface area contributed by atoms with Gasteiger partial charge in [-0.15, -0.1) is 0 Å². The lowest BCUT2D eigenvalue weighted by Gasteiger charge is -2.19. The summed E-state index contributed by atoms with van der Waals surface area (Å²) in [7, 11) is 0. The summed E-state index contributed by atoms with van der Waals surface area (Å²) in [6.45, 7) is 2.02. The Morgan fingerprint density at radius 1 is 0.312 bits per heavy atom. The Balaban J connectivity index is 0.769. The van der Waals surface area contributed by atoms with E-state index in [1.165, 1.54) is 69.3 Å². The lowest BCUT2D eigenvalue weighted by molar-refractivity contribution is 0.545. The van der Waals surface area contributed by atoms with E-state index in [-0.39, 0.29) is 0 Å². The van der Waals surface area contributed by atoms with Crippen LogP contribution in [0.15, 0.2) is 216 Å². The molecule has 0 saturated heterocycles. The number of anilines is 4. The molecule has 0 bridgehead atoms. The third-order valence-electron chi connectivity index (χ3n) is 12.3. The normalized spacial score (nSPS) is 11.8. The van der Waals surface area contributed by atoms with Crippen LogP contribution in [0.2, 0.25) is 0 Å². The third-order valence-corrected chi connectivity index (χ3v) is 12.3. The Bertz CT molecular complexity index is 2870. The molecular weight excluding hydrogens is 781 g/mol. The number of fused-ring (bicyclic) bond motifs is 6. The van der Waals surface area contributed by atoms with Crippen molar-refractivity contribution in [2.24, 2.45) is 10.2 Å². The maximum absolute atomic E-state index is 4.99. The Morgan fingerprint density at radius 3 is 1.00 bits per heavy atom. The lowest BCUT2D eigenvalue weighted by Crippen LogP contribution is -2.09. The molecule has 0 amide bonds. The van der Waals surface area contributed by atoms with E-state index in [0.717, 1.165) is 59.8 Å². The highest BCUT2D eigenvalue weighted by atomic mass is 15.5. The van der Waals surface area contributed by atoms with Crippen LogP contribution in [0.3, 0.4) is 0 Å². The molecule has 0 saturated carbocycles. The quantitative estimate of drug-likeness (QED) is 0.0521. The number of benzene rings is 8. The molecule has 0 N–H and O–H groups in total. The Kier molecular flexibility index (Phi) is 12.1. The highest BCUT2D eigenvalue weighted by Gasteiger charge is 2.14. The third kappa shape index (κ3) is 8.68. The van der Waals surface area contributed by atoms with Gasteiger partial charge in [-0.1, -0.05) is 147 Å². The highest BCUT2D eigenvalue weighted by Crippen LogP contribution is 2.33. The fourth-order valence-corrected chi connectivity index (χ4v) is 9.12. The van der Waals surface area contributed by atoms with E-state index in [1.807, 2.05) is 46.7 Å². The van der Waals surface area contributed by atoms with Gasteiger partial charge in [-0.05, 0) is 109 Å². The minimum atomic E-state index is 1.01. The number of rotatable bonds is 17. The summed E-state index contributed by atoms with van der Waals surface area (Å²) in [5.41, 5.74) is 11.4. The van der Waals surface area contributed by atoms with Gasteiger partial charge in [-0.2, -0.15) is 10.2 Å². The van der Waals surface area contributed by atoms with Gasteiger partial charge in [0, 0.05) is 56.7 Å². The molecule has 0 fully saturated rings. The molecule has 0 radical (unpaired) electrons. The van der Waals surface area contributed by atoms with Crippen molar-refractivity contribution in [3.8, 4) is 0 Å². The molecule has 2 heterocycles. The van der Waals surface area contributed by atoms with Crippen molar-refractivity contribution in [1.29, 1.82) is 0 Å². The maximum atomic E-state index is 4.99. The van der Waals surface area contributed by atoms with Crippen molar-refractivity contribution < 1.29 is 0 Å². The largest absolute Gasteiger partial charge is 0.340 e. The van der Waals surface area contributed by atoms with E-state index in [2.05, 4.69) is 191 Å². The summed E-state index contributed by atoms with van der Waals surface area (Å²) in [6, 6.07) is 72.5. The van der Waals surface area contributed by atoms with Crippen molar-refractivity contribution in [3.05, 3.63) is 217 Å². The number of aromatic nitrogens is 2. The van der Waals surface area contributed by atoms with Gasteiger partial charge in [0.2, 0.25) is 0 Å². The fraction of sp³-hybridized carbons (Fsp3) is 0.138.